The summed E-state index contributed by atoms with van der Waals surface area (Å²) >= 11 is 0. The molecule has 2 N–H and O–H groups in total. The average Bonchev–Trinajstić information content (AvgIpc) is 3.03. The van der Waals surface area contributed by atoms with Crippen molar-refractivity contribution < 1.29 is 0 Å². The Labute approximate surface area is 141 Å². The third kappa shape index (κ3) is 3.90. The Morgan fingerprint density at radius 2 is 1.96 bits per heavy atom. The maximum Gasteiger partial charge on any atom is 0.191 e. The number of aromatic nitrogens is 3. The van der Waals surface area contributed by atoms with Crippen molar-refractivity contribution in [1.29, 1.82) is 0 Å². The van der Waals surface area contributed by atoms with Gasteiger partial charge in [0, 0.05) is 20.6 Å². The smallest absolute Gasteiger partial charge is 0.191 e. The second-order valence-electron chi connectivity index (χ2n) is 5.58. The zero-order valence-corrected chi connectivity index (χ0v) is 14.0. The monoisotopic (exact) mass is 322 g/mol. The number of rotatable bonds is 5. The molecule has 124 valence electrons. The third-order valence-electron chi connectivity index (χ3n) is 3.96. The van der Waals surface area contributed by atoms with E-state index in [4.69, 9.17) is 0 Å². The van der Waals surface area contributed by atoms with E-state index in [-0.39, 0.29) is 0 Å². The SMILES string of the molecule is CN=C(NCCc1ccc2ccccc2c1)NCc1ncnn1C. The van der Waals surface area contributed by atoms with Crippen LogP contribution in [0, 0.1) is 0 Å². The van der Waals surface area contributed by atoms with Crippen molar-refractivity contribution in [3.05, 3.63) is 60.2 Å². The molecule has 0 aliphatic carbocycles. The van der Waals surface area contributed by atoms with Crippen LogP contribution in [-0.2, 0) is 20.0 Å². The van der Waals surface area contributed by atoms with Crippen molar-refractivity contribution in [2.24, 2.45) is 12.0 Å². The summed E-state index contributed by atoms with van der Waals surface area (Å²) in [5.74, 6) is 1.63. The number of fused-ring (bicyclic) bond motifs is 1. The van der Waals surface area contributed by atoms with Gasteiger partial charge in [-0.15, -0.1) is 0 Å². The summed E-state index contributed by atoms with van der Waals surface area (Å²) in [7, 11) is 3.64. The molecule has 3 aromatic rings. The molecule has 24 heavy (non-hydrogen) atoms. The summed E-state index contributed by atoms with van der Waals surface area (Å²) in [6.07, 6.45) is 2.49. The molecule has 0 amide bonds. The minimum absolute atomic E-state index is 0.589. The molecule has 1 aromatic heterocycles. The predicted octanol–water partition coefficient (Wildman–Crippen LogP) is 1.88. The number of nitrogens with one attached hydrogen (secondary N) is 2. The normalized spacial score (nSPS) is 11.7. The molecule has 1 heterocycles. The first-order chi connectivity index (χ1) is 11.8. The van der Waals surface area contributed by atoms with Crippen LogP contribution in [0.25, 0.3) is 10.8 Å². The molecule has 0 atom stereocenters. The van der Waals surface area contributed by atoms with Gasteiger partial charge in [-0.1, -0.05) is 42.5 Å². The topological polar surface area (TPSA) is 67.1 Å². The molecule has 0 fully saturated rings. The second kappa shape index (κ2) is 7.59. The van der Waals surface area contributed by atoms with Crippen LogP contribution in [0.5, 0.6) is 0 Å². The average molecular weight is 322 g/mol. The van der Waals surface area contributed by atoms with E-state index < -0.39 is 0 Å². The van der Waals surface area contributed by atoms with Crippen molar-refractivity contribution in [3.8, 4) is 0 Å². The Balaban J connectivity index is 1.51. The van der Waals surface area contributed by atoms with Crippen LogP contribution in [0.15, 0.2) is 53.8 Å². The first kappa shape index (κ1) is 16.0. The predicted molar refractivity (Wildman–Crippen MR) is 96.9 cm³/mol. The highest BCUT2D eigenvalue weighted by Crippen LogP contribution is 2.15. The highest BCUT2D eigenvalue weighted by molar-refractivity contribution is 5.83. The fourth-order valence-corrected chi connectivity index (χ4v) is 2.58. The van der Waals surface area contributed by atoms with Crippen LogP contribution >= 0.6 is 0 Å². The molecule has 3 rings (SSSR count). The number of hydrogen-bond acceptors (Lipinski definition) is 3. The Kier molecular flexibility index (Phi) is 5.05. The van der Waals surface area contributed by atoms with Crippen LogP contribution in [0.1, 0.15) is 11.4 Å². The molecule has 0 saturated carbocycles. The van der Waals surface area contributed by atoms with Gasteiger partial charge in [-0.05, 0) is 22.8 Å². The van der Waals surface area contributed by atoms with Gasteiger partial charge >= 0.3 is 0 Å². The van der Waals surface area contributed by atoms with Gasteiger partial charge < -0.3 is 10.6 Å². The van der Waals surface area contributed by atoms with Crippen LogP contribution in [0.3, 0.4) is 0 Å². The van der Waals surface area contributed by atoms with Crippen LogP contribution < -0.4 is 10.6 Å². The van der Waals surface area contributed by atoms with E-state index in [0.29, 0.717) is 6.54 Å². The number of aliphatic imine (C=N–C) groups is 1. The Hall–Kier alpha value is -2.89. The van der Waals surface area contributed by atoms with Crippen molar-refractivity contribution in [3.63, 3.8) is 0 Å². The lowest BCUT2D eigenvalue weighted by molar-refractivity contribution is 0.672. The third-order valence-corrected chi connectivity index (χ3v) is 3.96. The molecule has 6 nitrogen and oxygen atoms in total. The van der Waals surface area contributed by atoms with Gasteiger partial charge in [-0.2, -0.15) is 5.10 Å². The van der Waals surface area contributed by atoms with E-state index >= 15 is 0 Å². The van der Waals surface area contributed by atoms with Crippen LogP contribution in [-0.4, -0.2) is 34.3 Å². The van der Waals surface area contributed by atoms with E-state index in [9.17, 15) is 0 Å². The molecule has 0 aliphatic heterocycles. The van der Waals surface area contributed by atoms with Gasteiger partial charge in [-0.3, -0.25) is 9.67 Å². The van der Waals surface area contributed by atoms with Gasteiger partial charge in [0.25, 0.3) is 0 Å². The van der Waals surface area contributed by atoms with Crippen molar-refractivity contribution in [2.75, 3.05) is 13.6 Å². The van der Waals surface area contributed by atoms with E-state index in [2.05, 4.69) is 68.2 Å². The van der Waals surface area contributed by atoms with Gasteiger partial charge in [-0.25, -0.2) is 4.98 Å². The largest absolute Gasteiger partial charge is 0.356 e. The number of hydrogen-bond donors (Lipinski definition) is 2. The van der Waals surface area contributed by atoms with Gasteiger partial charge in [0.05, 0.1) is 6.54 Å². The summed E-state index contributed by atoms with van der Waals surface area (Å²) in [5.41, 5.74) is 1.31. The molecule has 6 heteroatoms. The van der Waals surface area contributed by atoms with E-state index in [1.54, 1.807) is 18.1 Å². The first-order valence-corrected chi connectivity index (χ1v) is 8.01. The number of benzene rings is 2. The molecule has 0 bridgehead atoms. The van der Waals surface area contributed by atoms with Crippen molar-refractivity contribution in [2.45, 2.75) is 13.0 Å². The fourth-order valence-electron chi connectivity index (χ4n) is 2.58. The van der Waals surface area contributed by atoms with Crippen molar-refractivity contribution >= 4 is 16.7 Å². The molecule has 2 aromatic carbocycles. The Morgan fingerprint density at radius 1 is 1.12 bits per heavy atom. The second-order valence-corrected chi connectivity index (χ2v) is 5.58. The zero-order chi connectivity index (χ0) is 16.8. The highest BCUT2D eigenvalue weighted by Gasteiger charge is 2.03. The number of nitrogens with zero attached hydrogens (tertiary/aromatic N) is 4. The molecule has 0 spiro atoms. The maximum absolute atomic E-state index is 4.24. The number of guanidine groups is 1. The maximum atomic E-state index is 4.24. The minimum atomic E-state index is 0.589. The van der Waals surface area contributed by atoms with E-state index in [0.717, 1.165) is 24.7 Å². The van der Waals surface area contributed by atoms with Gasteiger partial charge in [0.1, 0.15) is 12.2 Å². The summed E-state index contributed by atoms with van der Waals surface area (Å²) in [4.78, 5) is 8.42. The Bertz CT molecular complexity index is 836. The van der Waals surface area contributed by atoms with Gasteiger partial charge in [0.15, 0.2) is 5.96 Å². The standard InChI is InChI=1S/C18H22N6/c1-19-18(21-12-17-22-13-23-24(17)2)20-10-9-14-7-8-15-5-3-4-6-16(15)11-14/h3-8,11,13H,9-10,12H2,1-2H3,(H2,19,20,21). The van der Waals surface area contributed by atoms with E-state index in [1.165, 1.54) is 16.3 Å². The van der Waals surface area contributed by atoms with Crippen LogP contribution in [0.4, 0.5) is 0 Å². The molecular weight excluding hydrogens is 300 g/mol. The minimum Gasteiger partial charge on any atom is -0.356 e. The summed E-state index contributed by atoms with van der Waals surface area (Å²) < 4.78 is 1.75. The summed E-state index contributed by atoms with van der Waals surface area (Å²) in [5, 5.41) is 13.2. The van der Waals surface area contributed by atoms with Crippen molar-refractivity contribution in [1.82, 2.24) is 25.4 Å². The quantitative estimate of drug-likeness (QED) is 0.556. The fraction of sp³-hybridized carbons (Fsp3) is 0.278. The lowest BCUT2D eigenvalue weighted by Gasteiger charge is -2.11. The summed E-state index contributed by atoms with van der Waals surface area (Å²) in [6, 6.07) is 15.0. The summed E-state index contributed by atoms with van der Waals surface area (Å²) in [6.45, 7) is 1.41. The lowest BCUT2D eigenvalue weighted by Crippen LogP contribution is -2.38. The molecule has 0 unspecified atom stereocenters. The zero-order valence-electron chi connectivity index (χ0n) is 14.0. The highest BCUT2D eigenvalue weighted by atomic mass is 15.3. The molecule has 0 aliphatic rings. The molecule has 0 radical (unpaired) electrons. The Morgan fingerprint density at radius 3 is 2.71 bits per heavy atom. The molecular formula is C18H22N6. The first-order valence-electron chi connectivity index (χ1n) is 8.01. The number of aryl methyl sites for hydroxylation is 1. The lowest BCUT2D eigenvalue weighted by atomic mass is 10.1. The van der Waals surface area contributed by atoms with Gasteiger partial charge in [0.2, 0.25) is 0 Å². The van der Waals surface area contributed by atoms with E-state index in [1.807, 2.05) is 7.05 Å². The van der Waals surface area contributed by atoms with Crippen LogP contribution in [0.2, 0.25) is 0 Å². The molecule has 0 saturated heterocycles.